The second-order valence-electron chi connectivity index (χ2n) is 4.58. The van der Waals surface area contributed by atoms with E-state index in [4.69, 9.17) is 14.3 Å². The predicted octanol–water partition coefficient (Wildman–Crippen LogP) is 1.62. The minimum atomic E-state index is -1.06. The van der Waals surface area contributed by atoms with Gasteiger partial charge in [-0.15, -0.1) is 0 Å². The summed E-state index contributed by atoms with van der Waals surface area (Å²) in [6.07, 6.45) is 0.790. The molecule has 114 valence electrons. The Labute approximate surface area is 122 Å². The standard InChI is InChI=1S/C15H19NO5/c17-7-9-20-8-3-6-16-10-12-11-4-1-2-5-13(11)21-14(12)15(18)19/h1-2,4-5,16-17H,3,6-10H2,(H,18,19). The molecule has 0 saturated heterocycles. The molecule has 2 aromatic rings. The zero-order chi connectivity index (χ0) is 15.1. The van der Waals surface area contributed by atoms with Gasteiger partial charge in [-0.05, 0) is 19.0 Å². The quantitative estimate of drug-likeness (QED) is 0.608. The van der Waals surface area contributed by atoms with Crippen molar-refractivity contribution in [1.82, 2.24) is 5.32 Å². The van der Waals surface area contributed by atoms with Gasteiger partial charge in [0.05, 0.1) is 13.2 Å². The Kier molecular flexibility index (Phi) is 5.74. The molecule has 0 amide bonds. The zero-order valence-electron chi connectivity index (χ0n) is 11.7. The molecule has 2 rings (SSSR count). The molecule has 1 aromatic carbocycles. The molecule has 0 bridgehead atoms. The number of fused-ring (bicyclic) bond motifs is 1. The molecule has 0 aliphatic heterocycles. The van der Waals surface area contributed by atoms with Crippen LogP contribution in [0.15, 0.2) is 28.7 Å². The van der Waals surface area contributed by atoms with Crippen molar-refractivity contribution in [1.29, 1.82) is 0 Å². The summed E-state index contributed by atoms with van der Waals surface area (Å²) in [5.74, 6) is -1.07. The number of aliphatic hydroxyl groups excluding tert-OH is 1. The number of aliphatic hydroxyl groups is 1. The van der Waals surface area contributed by atoms with Crippen LogP contribution in [-0.4, -0.2) is 42.5 Å². The van der Waals surface area contributed by atoms with Crippen molar-refractivity contribution < 1.29 is 24.2 Å². The number of carboxylic acid groups (broad SMARTS) is 1. The molecule has 0 radical (unpaired) electrons. The lowest BCUT2D eigenvalue weighted by molar-refractivity contribution is 0.0663. The van der Waals surface area contributed by atoms with E-state index in [0.29, 0.717) is 37.4 Å². The molecule has 0 saturated carbocycles. The summed E-state index contributed by atoms with van der Waals surface area (Å²) in [6, 6.07) is 7.28. The fourth-order valence-electron chi connectivity index (χ4n) is 2.13. The highest BCUT2D eigenvalue weighted by molar-refractivity contribution is 5.95. The third-order valence-electron chi connectivity index (χ3n) is 3.07. The van der Waals surface area contributed by atoms with Crippen LogP contribution in [0.3, 0.4) is 0 Å². The van der Waals surface area contributed by atoms with Gasteiger partial charge < -0.3 is 24.7 Å². The van der Waals surface area contributed by atoms with E-state index in [1.807, 2.05) is 18.2 Å². The van der Waals surface area contributed by atoms with Crippen LogP contribution in [0.5, 0.6) is 0 Å². The second-order valence-corrected chi connectivity index (χ2v) is 4.58. The fourth-order valence-corrected chi connectivity index (χ4v) is 2.13. The molecule has 0 aliphatic rings. The number of ether oxygens (including phenoxy) is 1. The van der Waals surface area contributed by atoms with E-state index < -0.39 is 5.97 Å². The lowest BCUT2D eigenvalue weighted by atomic mass is 10.1. The minimum absolute atomic E-state index is 0.0137. The van der Waals surface area contributed by atoms with Crippen LogP contribution >= 0.6 is 0 Å². The van der Waals surface area contributed by atoms with Crippen molar-refractivity contribution in [3.05, 3.63) is 35.6 Å². The number of hydrogen-bond donors (Lipinski definition) is 3. The van der Waals surface area contributed by atoms with Gasteiger partial charge in [-0.3, -0.25) is 0 Å². The molecule has 6 heteroatoms. The molecule has 0 unspecified atom stereocenters. The number of hydrogen-bond acceptors (Lipinski definition) is 5. The molecule has 3 N–H and O–H groups in total. The van der Waals surface area contributed by atoms with Gasteiger partial charge in [0, 0.05) is 24.1 Å². The molecule has 0 fully saturated rings. The number of carbonyl (C=O) groups is 1. The van der Waals surface area contributed by atoms with Crippen molar-refractivity contribution in [3.8, 4) is 0 Å². The van der Waals surface area contributed by atoms with Crippen LogP contribution in [0.1, 0.15) is 22.5 Å². The average Bonchev–Trinajstić information content (AvgIpc) is 2.85. The van der Waals surface area contributed by atoms with Crippen LogP contribution < -0.4 is 5.32 Å². The molecule has 21 heavy (non-hydrogen) atoms. The Hall–Kier alpha value is -1.89. The summed E-state index contributed by atoms with van der Waals surface area (Å²) in [4.78, 5) is 11.2. The Bertz CT molecular complexity index is 593. The minimum Gasteiger partial charge on any atom is -0.475 e. The number of carboxylic acids is 1. The fraction of sp³-hybridized carbons (Fsp3) is 0.400. The van der Waals surface area contributed by atoms with Crippen LogP contribution in [0, 0.1) is 0 Å². The molecule has 6 nitrogen and oxygen atoms in total. The van der Waals surface area contributed by atoms with E-state index in [9.17, 15) is 9.90 Å². The van der Waals surface area contributed by atoms with Gasteiger partial charge in [-0.2, -0.15) is 0 Å². The number of rotatable bonds is 9. The van der Waals surface area contributed by atoms with E-state index in [1.54, 1.807) is 6.07 Å². The van der Waals surface area contributed by atoms with E-state index in [0.717, 1.165) is 11.8 Å². The molecular formula is C15H19NO5. The SMILES string of the molecule is O=C(O)c1oc2ccccc2c1CNCCCOCCO. The highest BCUT2D eigenvalue weighted by Crippen LogP contribution is 2.25. The molecule has 0 atom stereocenters. The summed E-state index contributed by atoms with van der Waals surface area (Å²) in [7, 11) is 0. The third kappa shape index (κ3) is 4.04. The van der Waals surface area contributed by atoms with Gasteiger partial charge in [0.15, 0.2) is 0 Å². The van der Waals surface area contributed by atoms with Crippen LogP contribution in [0.4, 0.5) is 0 Å². The van der Waals surface area contributed by atoms with Crippen LogP contribution in [0.25, 0.3) is 11.0 Å². The highest BCUT2D eigenvalue weighted by Gasteiger charge is 2.18. The number of benzene rings is 1. The first-order chi connectivity index (χ1) is 10.2. The van der Waals surface area contributed by atoms with Crippen molar-refractivity contribution in [3.63, 3.8) is 0 Å². The highest BCUT2D eigenvalue weighted by atomic mass is 16.5. The van der Waals surface area contributed by atoms with Gasteiger partial charge >= 0.3 is 5.97 Å². The molecule has 1 aromatic heterocycles. The van der Waals surface area contributed by atoms with Crippen LogP contribution in [-0.2, 0) is 11.3 Å². The van der Waals surface area contributed by atoms with Gasteiger partial charge in [0.25, 0.3) is 0 Å². The normalized spacial score (nSPS) is 11.1. The second kappa shape index (κ2) is 7.78. The molecule has 1 heterocycles. The van der Waals surface area contributed by atoms with Crippen LogP contribution in [0.2, 0.25) is 0 Å². The van der Waals surface area contributed by atoms with E-state index in [2.05, 4.69) is 5.32 Å². The first kappa shape index (κ1) is 15.5. The smallest absolute Gasteiger partial charge is 0.372 e. The van der Waals surface area contributed by atoms with Gasteiger partial charge in [-0.25, -0.2) is 4.79 Å². The lowest BCUT2D eigenvalue weighted by Gasteiger charge is -2.05. The van der Waals surface area contributed by atoms with Gasteiger partial charge in [0.1, 0.15) is 5.58 Å². The maximum atomic E-state index is 11.2. The Morgan fingerprint density at radius 1 is 1.29 bits per heavy atom. The van der Waals surface area contributed by atoms with Crippen molar-refractivity contribution >= 4 is 16.9 Å². The largest absolute Gasteiger partial charge is 0.475 e. The number of para-hydroxylation sites is 1. The van der Waals surface area contributed by atoms with Crippen molar-refractivity contribution in [2.75, 3.05) is 26.4 Å². The monoisotopic (exact) mass is 293 g/mol. The predicted molar refractivity (Wildman–Crippen MR) is 77.4 cm³/mol. The Balaban J connectivity index is 1.94. The maximum absolute atomic E-state index is 11.2. The zero-order valence-corrected chi connectivity index (χ0v) is 11.7. The average molecular weight is 293 g/mol. The summed E-state index contributed by atoms with van der Waals surface area (Å²) in [5, 5.41) is 21.8. The summed E-state index contributed by atoms with van der Waals surface area (Å²) >= 11 is 0. The summed E-state index contributed by atoms with van der Waals surface area (Å²) in [6.45, 7) is 2.06. The third-order valence-corrected chi connectivity index (χ3v) is 3.07. The number of nitrogens with one attached hydrogen (secondary N) is 1. The van der Waals surface area contributed by atoms with E-state index in [-0.39, 0.29) is 12.4 Å². The summed E-state index contributed by atoms with van der Waals surface area (Å²) in [5.41, 5.74) is 1.24. The van der Waals surface area contributed by atoms with Gasteiger partial charge in [-0.1, -0.05) is 18.2 Å². The Morgan fingerprint density at radius 3 is 2.86 bits per heavy atom. The number of aromatic carboxylic acids is 1. The van der Waals surface area contributed by atoms with E-state index in [1.165, 1.54) is 0 Å². The summed E-state index contributed by atoms with van der Waals surface area (Å²) < 4.78 is 10.5. The topological polar surface area (TPSA) is 91.9 Å². The van der Waals surface area contributed by atoms with E-state index >= 15 is 0 Å². The van der Waals surface area contributed by atoms with Crippen molar-refractivity contribution in [2.24, 2.45) is 0 Å². The molecule has 0 aliphatic carbocycles. The first-order valence-electron chi connectivity index (χ1n) is 6.87. The molecule has 0 spiro atoms. The molecular weight excluding hydrogens is 274 g/mol. The lowest BCUT2D eigenvalue weighted by Crippen LogP contribution is -2.18. The van der Waals surface area contributed by atoms with Crippen molar-refractivity contribution in [2.45, 2.75) is 13.0 Å². The first-order valence-corrected chi connectivity index (χ1v) is 6.87. The number of furan rings is 1. The maximum Gasteiger partial charge on any atom is 0.372 e. The van der Waals surface area contributed by atoms with Gasteiger partial charge in [0.2, 0.25) is 5.76 Å². The Morgan fingerprint density at radius 2 is 2.10 bits per heavy atom.